The van der Waals surface area contributed by atoms with Crippen LogP contribution in [0.15, 0.2) is 165 Å². The van der Waals surface area contributed by atoms with Gasteiger partial charge in [0, 0.05) is 32.7 Å². The van der Waals surface area contributed by atoms with Gasteiger partial charge in [0.15, 0.2) is 11.5 Å². The van der Waals surface area contributed by atoms with E-state index in [1.54, 1.807) is 12.1 Å². The molecule has 305 valence electrons. The van der Waals surface area contributed by atoms with Gasteiger partial charge in [-0.2, -0.15) is 10.2 Å². The molecule has 6 aromatic carbocycles. The van der Waals surface area contributed by atoms with Crippen molar-refractivity contribution in [1.82, 2.24) is 20.8 Å². The summed E-state index contributed by atoms with van der Waals surface area (Å²) in [6, 6.07) is 46.1. The zero-order chi connectivity index (χ0) is 39.6. The van der Waals surface area contributed by atoms with Gasteiger partial charge < -0.3 is 33.6 Å². The van der Waals surface area contributed by atoms with Crippen molar-refractivity contribution in [3.05, 3.63) is 179 Å². The topological polar surface area (TPSA) is 135 Å². The molecule has 61 heavy (non-hydrogen) atoms. The molecule has 0 saturated heterocycles. The fourth-order valence-electron chi connectivity index (χ4n) is 6.64. The number of rotatable bonds is 6. The minimum absolute atomic E-state index is 0. The number of nitrogens with zero attached hydrogens (tertiary/aromatic N) is 4. The summed E-state index contributed by atoms with van der Waals surface area (Å²) in [5.74, 6) is -0.495. The predicted molar refractivity (Wildman–Crippen MR) is 231 cm³/mol. The molecule has 2 N–H and O–H groups in total. The van der Waals surface area contributed by atoms with E-state index in [9.17, 15) is 9.59 Å². The maximum absolute atomic E-state index is 12.5. The first-order valence-electron chi connectivity index (χ1n) is 18.0. The third-order valence-corrected chi connectivity index (χ3v) is 10.1. The first-order chi connectivity index (χ1) is 28.4. The number of carbonyl (C=O) groups excluding carboxylic acids is 2. The standard InChI is InChI=1S/2C23H14ClN3O2.2ClH.Cu/c2*24-22-16(11-15-6-2-4-8-19(15)26-22)13-25-27-23(28)21-12-18-17-7-3-1-5-14(17)9-10-20(18)29-21;;;/h2*1-13H,(H,27,28);2*1H;/q;;;;+2/p-2/b2*25-13+;;;. The van der Waals surface area contributed by atoms with Crippen molar-refractivity contribution in [2.24, 2.45) is 10.2 Å². The average Bonchev–Trinajstić information content (AvgIpc) is 3.90. The summed E-state index contributed by atoms with van der Waals surface area (Å²) in [5.41, 5.74) is 9.09. The average molecular weight is 934 g/mol. The van der Waals surface area contributed by atoms with Gasteiger partial charge in [-0.15, -0.1) is 0 Å². The van der Waals surface area contributed by atoms with Crippen LogP contribution in [-0.2, 0) is 17.1 Å². The largest absolute Gasteiger partial charge is 2.00 e. The molecule has 10 rings (SSSR count). The minimum Gasteiger partial charge on any atom is -1.00 e. The van der Waals surface area contributed by atoms with E-state index in [2.05, 4.69) is 31.0 Å². The van der Waals surface area contributed by atoms with Crippen molar-refractivity contribution in [2.45, 2.75) is 0 Å². The predicted octanol–water partition coefficient (Wildman–Crippen LogP) is 5.11. The van der Waals surface area contributed by atoms with Crippen LogP contribution in [0.4, 0.5) is 0 Å². The van der Waals surface area contributed by atoms with Crippen molar-refractivity contribution in [2.75, 3.05) is 0 Å². The van der Waals surface area contributed by atoms with Gasteiger partial charge in [-0.05, 0) is 70.1 Å². The van der Waals surface area contributed by atoms with E-state index in [1.807, 2.05) is 133 Å². The fraction of sp³-hybridized carbons (Fsp3) is 0. The van der Waals surface area contributed by atoms with Gasteiger partial charge in [-0.3, -0.25) is 9.59 Å². The number of hydrogen-bond acceptors (Lipinski definition) is 8. The van der Waals surface area contributed by atoms with Gasteiger partial charge in [0.2, 0.25) is 0 Å². The Balaban J connectivity index is 0.000000194. The molecule has 0 aliphatic heterocycles. The number of amides is 2. The van der Waals surface area contributed by atoms with E-state index in [0.29, 0.717) is 32.6 Å². The number of hydrazone groups is 2. The summed E-state index contributed by atoms with van der Waals surface area (Å²) in [6.45, 7) is 0. The first-order valence-corrected chi connectivity index (χ1v) is 18.7. The van der Waals surface area contributed by atoms with Crippen LogP contribution in [0.25, 0.3) is 65.3 Å². The van der Waals surface area contributed by atoms with Crippen molar-refractivity contribution in [3.63, 3.8) is 0 Å². The van der Waals surface area contributed by atoms with Crippen molar-refractivity contribution in [1.29, 1.82) is 0 Å². The number of furan rings is 2. The number of hydrogen-bond donors (Lipinski definition) is 2. The van der Waals surface area contributed by atoms with Gasteiger partial charge in [-0.25, -0.2) is 20.8 Å². The Labute approximate surface area is 380 Å². The third-order valence-electron chi connectivity index (χ3n) is 9.45. The number of halogens is 4. The Bertz CT molecular complexity index is 3080. The van der Waals surface area contributed by atoms with Crippen LogP contribution in [0.5, 0.6) is 0 Å². The second kappa shape index (κ2) is 19.4. The summed E-state index contributed by atoms with van der Waals surface area (Å²) in [7, 11) is 0. The summed E-state index contributed by atoms with van der Waals surface area (Å²) >= 11 is 12.4. The zero-order valence-corrected chi connectivity index (χ0v) is 35.2. The second-order valence-electron chi connectivity index (χ2n) is 13.1. The molecule has 4 heterocycles. The number of nitrogens with one attached hydrogen (secondary N) is 2. The monoisotopic (exact) mass is 931 g/mol. The van der Waals surface area contributed by atoms with Crippen LogP contribution in [0.1, 0.15) is 32.2 Å². The molecule has 1 radical (unpaired) electrons. The third kappa shape index (κ3) is 9.38. The normalized spacial score (nSPS) is 11.0. The Hall–Kier alpha value is -6.30. The number of benzene rings is 6. The van der Waals surface area contributed by atoms with Gasteiger partial charge in [-0.1, -0.05) is 120 Å². The summed E-state index contributed by atoms with van der Waals surface area (Å²) in [6.07, 6.45) is 2.94. The summed E-state index contributed by atoms with van der Waals surface area (Å²) in [4.78, 5) is 33.6. The van der Waals surface area contributed by atoms with E-state index in [0.717, 1.165) is 54.1 Å². The maximum atomic E-state index is 12.5. The van der Waals surface area contributed by atoms with Crippen LogP contribution < -0.4 is 35.7 Å². The molecule has 15 heteroatoms. The maximum Gasteiger partial charge on any atom is 2.00 e. The molecule has 0 atom stereocenters. The summed E-state index contributed by atoms with van der Waals surface area (Å²) in [5, 5.41) is 16.5. The van der Waals surface area contributed by atoms with Gasteiger partial charge in [0.05, 0.1) is 23.5 Å². The first kappa shape index (κ1) is 44.3. The molecule has 0 aliphatic carbocycles. The summed E-state index contributed by atoms with van der Waals surface area (Å²) < 4.78 is 11.4. The number of aromatic nitrogens is 2. The van der Waals surface area contributed by atoms with E-state index in [4.69, 9.17) is 32.0 Å². The molecule has 0 fully saturated rings. The number of para-hydroxylation sites is 2. The molecule has 2 amide bonds. The van der Waals surface area contributed by atoms with E-state index >= 15 is 0 Å². The number of carbonyl (C=O) groups is 2. The molecule has 0 aliphatic rings. The molecule has 0 bridgehead atoms. The van der Waals surface area contributed by atoms with Crippen molar-refractivity contribution < 1.29 is 60.3 Å². The molecule has 0 saturated carbocycles. The molecular weight excluding hydrogens is 906 g/mol. The SMILES string of the molecule is O=C(N/N=C/c1cc2ccccc2nc1Cl)c1cc2c(ccc3ccccc32)o1.O=C(N/N=C/c1cc2ccccc2nc1Cl)c1cc2c(ccc3ccccc32)o1.[Cl-].[Cl-].[Cu+2]. The van der Waals surface area contributed by atoms with Crippen molar-refractivity contribution >= 4 is 113 Å². The smallest absolute Gasteiger partial charge is 1.00 e. The minimum atomic E-state index is -0.439. The Kier molecular flexibility index (Phi) is 14.1. The van der Waals surface area contributed by atoms with E-state index in [1.165, 1.54) is 12.4 Å². The Morgan fingerprint density at radius 1 is 0.492 bits per heavy atom. The van der Waals surface area contributed by atoms with Gasteiger partial charge >= 0.3 is 28.9 Å². The van der Waals surface area contributed by atoms with E-state index in [-0.39, 0.29) is 53.4 Å². The second-order valence-corrected chi connectivity index (χ2v) is 13.9. The molecule has 10 aromatic rings. The molecule has 0 spiro atoms. The molecule has 0 unspecified atom stereocenters. The van der Waals surface area contributed by atoms with Crippen molar-refractivity contribution in [3.8, 4) is 0 Å². The molecule has 10 nitrogen and oxygen atoms in total. The van der Waals surface area contributed by atoms with Gasteiger partial charge in [0.1, 0.15) is 21.5 Å². The number of fused-ring (bicyclic) bond motifs is 8. The quantitative estimate of drug-likeness (QED) is 0.103. The van der Waals surface area contributed by atoms with Crippen LogP contribution in [-0.4, -0.2) is 34.2 Å². The Morgan fingerprint density at radius 3 is 1.30 bits per heavy atom. The van der Waals surface area contributed by atoms with Crippen LogP contribution >= 0.6 is 23.2 Å². The van der Waals surface area contributed by atoms with Crippen LogP contribution in [0.3, 0.4) is 0 Å². The van der Waals surface area contributed by atoms with Gasteiger partial charge in [0.25, 0.3) is 0 Å². The van der Waals surface area contributed by atoms with E-state index < -0.39 is 11.8 Å². The fourth-order valence-corrected chi connectivity index (χ4v) is 7.03. The molecule has 4 aromatic heterocycles. The molecular formula is C46H28Cl4CuN6O4. The zero-order valence-electron chi connectivity index (χ0n) is 31.2. The van der Waals surface area contributed by atoms with Crippen LogP contribution in [0, 0.1) is 0 Å². The van der Waals surface area contributed by atoms with Crippen LogP contribution in [0.2, 0.25) is 10.3 Å². The Morgan fingerprint density at radius 2 is 0.869 bits per heavy atom. The number of pyridine rings is 2.